The lowest BCUT2D eigenvalue weighted by Crippen LogP contribution is -2.56. The van der Waals surface area contributed by atoms with Crippen LogP contribution in [0.1, 0.15) is 119 Å². The zero-order valence-electron chi connectivity index (χ0n) is 36.9. The first-order chi connectivity index (χ1) is 27.3. The first-order valence-corrected chi connectivity index (χ1v) is 21.5. The van der Waals surface area contributed by atoms with E-state index in [0.29, 0.717) is 31.5 Å². The second-order valence-corrected chi connectivity index (χ2v) is 19.5. The largest absolute Gasteiger partial charge is 0.395 e. The highest BCUT2D eigenvalue weighted by molar-refractivity contribution is 5.99. The lowest BCUT2D eigenvalue weighted by atomic mass is 9.80. The van der Waals surface area contributed by atoms with Crippen molar-refractivity contribution in [3.63, 3.8) is 0 Å². The summed E-state index contributed by atoms with van der Waals surface area (Å²) in [6, 6.07) is 13.9. The number of hydrogen-bond acceptors (Lipinski definition) is 11. The predicted molar refractivity (Wildman–Crippen MR) is 231 cm³/mol. The van der Waals surface area contributed by atoms with Gasteiger partial charge in [0.2, 0.25) is 0 Å². The number of hydrogen-bond donors (Lipinski definition) is 1. The van der Waals surface area contributed by atoms with Crippen molar-refractivity contribution in [3.8, 4) is 0 Å². The summed E-state index contributed by atoms with van der Waals surface area (Å²) < 4.78 is 5.55. The molecule has 1 unspecified atom stereocenters. The second kappa shape index (κ2) is 19.5. The fraction of sp³-hybridized carbons (Fsp3) is 0.638. The number of anilines is 1. The van der Waals surface area contributed by atoms with Crippen LogP contribution >= 0.6 is 0 Å². The number of carbonyl (C=O) groups excluding carboxylic acids is 3. The van der Waals surface area contributed by atoms with E-state index < -0.39 is 10.8 Å². The number of aliphatic hydroxyl groups is 1. The van der Waals surface area contributed by atoms with Crippen molar-refractivity contribution < 1.29 is 24.0 Å². The van der Waals surface area contributed by atoms with Crippen LogP contribution in [-0.4, -0.2) is 125 Å². The minimum atomic E-state index is -0.567. The molecule has 5 rings (SSSR count). The van der Waals surface area contributed by atoms with Crippen LogP contribution in [0.5, 0.6) is 0 Å². The van der Waals surface area contributed by atoms with E-state index in [9.17, 15) is 19.5 Å². The third kappa shape index (κ3) is 12.4. The molecule has 2 saturated heterocycles. The summed E-state index contributed by atoms with van der Waals surface area (Å²) in [5.41, 5.74) is 2.56. The van der Waals surface area contributed by atoms with E-state index in [1.807, 2.05) is 77.9 Å². The molecular formula is C47H70N6O5. The van der Waals surface area contributed by atoms with Gasteiger partial charge in [-0.2, -0.15) is 0 Å². The Bertz CT molecular complexity index is 1800. The van der Waals surface area contributed by atoms with Crippen molar-refractivity contribution in [3.05, 3.63) is 76.8 Å². The Balaban J connectivity index is 1.00. The molecule has 318 valence electrons. The van der Waals surface area contributed by atoms with Crippen LogP contribution in [0.15, 0.2) is 53.2 Å². The van der Waals surface area contributed by atoms with E-state index in [-0.39, 0.29) is 41.3 Å². The molecule has 4 heterocycles. The zero-order valence-corrected chi connectivity index (χ0v) is 36.9. The highest BCUT2D eigenvalue weighted by Gasteiger charge is 2.33. The molecule has 58 heavy (non-hydrogen) atoms. The Kier molecular flexibility index (Phi) is 15.3. The fourth-order valence-electron chi connectivity index (χ4n) is 7.84. The number of benzene rings is 1. The molecule has 0 saturated carbocycles. The number of aliphatic hydroxyl groups excluding tert-OH is 1. The highest BCUT2D eigenvalue weighted by atomic mass is 16.5. The number of nitrogens with zero attached hydrogens (tertiary/aromatic N) is 6. The van der Waals surface area contributed by atoms with Crippen LogP contribution in [0.25, 0.3) is 0 Å². The molecule has 2 fully saturated rings. The van der Waals surface area contributed by atoms with E-state index in [4.69, 9.17) is 4.52 Å². The molecule has 2 atom stereocenters. The summed E-state index contributed by atoms with van der Waals surface area (Å²) in [5, 5.41) is 14.5. The highest BCUT2D eigenvalue weighted by Crippen LogP contribution is 2.29. The van der Waals surface area contributed by atoms with Gasteiger partial charge in [-0.15, -0.1) is 0 Å². The Morgan fingerprint density at radius 1 is 0.845 bits per heavy atom. The summed E-state index contributed by atoms with van der Waals surface area (Å²) in [6.45, 7) is 26.2. The minimum absolute atomic E-state index is 0.0167. The third-order valence-corrected chi connectivity index (χ3v) is 12.2. The molecule has 1 aromatic carbocycles. The van der Waals surface area contributed by atoms with Gasteiger partial charge >= 0.3 is 0 Å². The molecule has 2 aromatic heterocycles. The summed E-state index contributed by atoms with van der Waals surface area (Å²) >= 11 is 0. The van der Waals surface area contributed by atoms with Crippen molar-refractivity contribution in [2.75, 3.05) is 77.0 Å². The number of carbonyl (C=O) groups is 3. The molecule has 2 aliphatic rings. The van der Waals surface area contributed by atoms with Gasteiger partial charge in [0, 0.05) is 110 Å². The lowest BCUT2D eigenvalue weighted by Gasteiger charge is -2.41. The summed E-state index contributed by atoms with van der Waals surface area (Å²) in [7, 11) is 0. The number of aryl methyl sites for hydroxylation is 1. The quantitative estimate of drug-likeness (QED) is 0.137. The van der Waals surface area contributed by atoms with Crippen molar-refractivity contribution in [2.24, 2.45) is 16.7 Å². The van der Waals surface area contributed by atoms with E-state index >= 15 is 0 Å². The average molecular weight is 799 g/mol. The van der Waals surface area contributed by atoms with Crippen molar-refractivity contribution in [1.82, 2.24) is 24.8 Å². The topological polar surface area (TPSA) is 123 Å². The number of pyridine rings is 1. The number of rotatable bonds is 18. The van der Waals surface area contributed by atoms with Gasteiger partial charge in [0.15, 0.2) is 17.3 Å². The third-order valence-electron chi connectivity index (χ3n) is 12.2. The maximum atomic E-state index is 13.6. The Labute approximate surface area is 347 Å². The number of ketones is 3. The lowest BCUT2D eigenvalue weighted by molar-refractivity contribution is -0.129. The first-order valence-electron chi connectivity index (χ1n) is 21.5. The van der Waals surface area contributed by atoms with Gasteiger partial charge in [0.05, 0.1) is 18.8 Å². The number of aromatic nitrogens is 2. The Morgan fingerprint density at radius 3 is 2.12 bits per heavy atom. The molecule has 0 amide bonds. The molecule has 2 aliphatic heterocycles. The molecule has 11 nitrogen and oxygen atoms in total. The molecule has 1 N–H and O–H groups in total. The molecule has 0 bridgehead atoms. The van der Waals surface area contributed by atoms with E-state index in [1.165, 1.54) is 5.56 Å². The SMILES string of the molecule is CC(CCC(C)(C)C(=O)CN1CCN(CCCc2ccc(C(=O)C(C)(C)C)cc2)[C@@H](CO)C1)C(=O)c1ccc(N2CCN(CCc3cc(C(C)(C)C)on3)CC2)nc1. The van der Waals surface area contributed by atoms with Crippen LogP contribution in [0.4, 0.5) is 5.82 Å². The van der Waals surface area contributed by atoms with Crippen LogP contribution < -0.4 is 4.90 Å². The maximum absolute atomic E-state index is 13.6. The second-order valence-electron chi connectivity index (χ2n) is 19.5. The molecule has 0 radical (unpaired) electrons. The van der Waals surface area contributed by atoms with Crippen LogP contribution in [0, 0.1) is 16.7 Å². The van der Waals surface area contributed by atoms with E-state index in [2.05, 4.69) is 56.6 Å². The molecule has 0 aliphatic carbocycles. The molecule has 11 heteroatoms. The van der Waals surface area contributed by atoms with Gasteiger partial charge in [-0.25, -0.2) is 4.98 Å². The minimum Gasteiger partial charge on any atom is -0.395 e. The molecule has 3 aromatic rings. The van der Waals surface area contributed by atoms with Gasteiger partial charge in [-0.05, 0) is 49.9 Å². The summed E-state index contributed by atoms with van der Waals surface area (Å²) in [4.78, 5) is 53.6. The standard InChI is InChI=1S/C47H70N6O5/c1-34(43(56)37-16-17-42(48-30-37)53-27-23-50(24-28-53)22-19-38-29-41(58-49-38)45(2,3)4)18-20-47(8,9)40(55)32-51-25-26-52(39(31-51)33-54)21-10-11-35-12-14-36(15-13-35)44(57)46(5,6)7/h12-17,29-30,34,39,54H,10-11,18-28,31-33H2,1-9H3/t34?,39-/m1/s1. The van der Waals surface area contributed by atoms with Crippen LogP contribution in [-0.2, 0) is 23.1 Å². The molecular weight excluding hydrogens is 729 g/mol. The van der Waals surface area contributed by atoms with Crippen molar-refractivity contribution >= 4 is 23.2 Å². The van der Waals surface area contributed by atoms with E-state index in [0.717, 1.165) is 94.5 Å². The first kappa shape index (κ1) is 45.3. The molecule has 0 spiro atoms. The van der Waals surface area contributed by atoms with E-state index in [1.54, 1.807) is 6.20 Å². The van der Waals surface area contributed by atoms with Gasteiger partial charge < -0.3 is 14.5 Å². The maximum Gasteiger partial charge on any atom is 0.168 e. The van der Waals surface area contributed by atoms with Gasteiger partial charge in [0.1, 0.15) is 11.6 Å². The summed E-state index contributed by atoms with van der Waals surface area (Å²) in [5.74, 6) is 1.97. The monoisotopic (exact) mass is 799 g/mol. The Morgan fingerprint density at radius 2 is 1.52 bits per heavy atom. The van der Waals surface area contributed by atoms with Crippen LogP contribution in [0.2, 0.25) is 0 Å². The number of Topliss-reactive ketones (excluding diaryl/α,β-unsaturated/α-hetero) is 3. The zero-order chi connectivity index (χ0) is 42.3. The number of piperazine rings is 2. The van der Waals surface area contributed by atoms with Gasteiger partial charge in [-0.1, -0.05) is 91.7 Å². The van der Waals surface area contributed by atoms with Crippen LogP contribution in [0.3, 0.4) is 0 Å². The normalized spacial score (nSPS) is 18.4. The smallest absolute Gasteiger partial charge is 0.168 e. The average Bonchev–Trinajstić information content (AvgIpc) is 3.69. The Hall–Kier alpha value is -3.77. The van der Waals surface area contributed by atoms with Gasteiger partial charge in [-0.3, -0.25) is 29.1 Å². The van der Waals surface area contributed by atoms with Crippen molar-refractivity contribution in [1.29, 1.82) is 0 Å². The predicted octanol–water partition coefficient (Wildman–Crippen LogP) is 6.77. The van der Waals surface area contributed by atoms with Gasteiger partial charge in [0.25, 0.3) is 0 Å². The summed E-state index contributed by atoms with van der Waals surface area (Å²) in [6.07, 6.45) is 5.67. The fourth-order valence-corrected chi connectivity index (χ4v) is 7.84. The van der Waals surface area contributed by atoms with Crippen molar-refractivity contribution in [2.45, 2.75) is 106 Å².